The predicted octanol–water partition coefficient (Wildman–Crippen LogP) is 6.52. The van der Waals surface area contributed by atoms with Crippen LogP contribution in [-0.2, 0) is 4.74 Å². The maximum absolute atomic E-state index is 11.0. The molecule has 1 unspecified atom stereocenters. The molecule has 4 aliphatic carbocycles. The maximum Gasteiger partial charge on any atom is 0.0682 e. The summed E-state index contributed by atoms with van der Waals surface area (Å²) in [5.74, 6) is 3.30. The third-order valence-corrected chi connectivity index (χ3v) is 11.3. The second kappa shape index (κ2) is 9.00. The fraction of sp³-hybridized carbons (Fsp3) is 0.931. The minimum Gasteiger partial charge on any atom is -0.393 e. The average molecular weight is 447 g/mol. The van der Waals surface area contributed by atoms with Crippen LogP contribution < -0.4 is 0 Å². The van der Waals surface area contributed by atoms with Gasteiger partial charge in [0, 0.05) is 7.11 Å². The minimum atomic E-state index is -0.466. The van der Waals surface area contributed by atoms with Crippen LogP contribution in [0, 0.1) is 40.4 Å². The molecule has 0 radical (unpaired) electrons. The number of aliphatic hydroxyl groups excluding tert-OH is 1. The molecule has 9 atom stereocenters. The molecule has 3 nitrogen and oxygen atoms in total. The third-order valence-electron chi connectivity index (χ3n) is 11.3. The average Bonchev–Trinajstić information content (AvgIpc) is 3.12. The highest BCUT2D eigenvalue weighted by molar-refractivity contribution is 5.27. The van der Waals surface area contributed by atoms with Crippen molar-refractivity contribution in [1.82, 2.24) is 0 Å². The lowest BCUT2D eigenvalue weighted by atomic mass is 9.46. The fourth-order valence-electron chi connectivity index (χ4n) is 8.82. The van der Waals surface area contributed by atoms with Gasteiger partial charge in [-0.2, -0.15) is 0 Å². The zero-order valence-electron chi connectivity index (χ0n) is 21.7. The molecular formula is C29H50O3. The van der Waals surface area contributed by atoms with Crippen LogP contribution in [0.15, 0.2) is 11.6 Å². The Bertz CT molecular complexity index is 701. The summed E-state index contributed by atoms with van der Waals surface area (Å²) in [6, 6.07) is 0. The van der Waals surface area contributed by atoms with E-state index in [0.717, 1.165) is 56.3 Å². The summed E-state index contributed by atoms with van der Waals surface area (Å²) in [7, 11) is 1.89. The van der Waals surface area contributed by atoms with E-state index in [1.165, 1.54) is 32.1 Å². The van der Waals surface area contributed by atoms with Crippen LogP contribution >= 0.6 is 0 Å². The first-order valence-corrected chi connectivity index (χ1v) is 13.7. The molecule has 0 aromatic carbocycles. The molecule has 0 heterocycles. The van der Waals surface area contributed by atoms with Crippen LogP contribution in [0.2, 0.25) is 0 Å². The molecule has 184 valence electrons. The van der Waals surface area contributed by atoms with E-state index in [9.17, 15) is 10.2 Å². The van der Waals surface area contributed by atoms with Gasteiger partial charge in [0.05, 0.1) is 17.8 Å². The van der Waals surface area contributed by atoms with E-state index in [2.05, 4.69) is 40.7 Å². The van der Waals surface area contributed by atoms with Crippen molar-refractivity contribution in [3.8, 4) is 0 Å². The van der Waals surface area contributed by atoms with Gasteiger partial charge in [-0.25, -0.2) is 0 Å². The van der Waals surface area contributed by atoms with Gasteiger partial charge < -0.3 is 14.9 Å². The molecule has 0 amide bonds. The molecule has 0 aromatic heterocycles. The number of ether oxygens (including phenoxy) is 1. The minimum absolute atomic E-state index is 0.219. The summed E-state index contributed by atoms with van der Waals surface area (Å²) in [5.41, 5.74) is 1.77. The highest BCUT2D eigenvalue weighted by atomic mass is 16.5. The molecule has 2 N–H and O–H groups in total. The van der Waals surface area contributed by atoms with Gasteiger partial charge in [0.25, 0.3) is 0 Å². The first kappa shape index (κ1) is 24.7. The number of methoxy groups -OCH3 is 1. The largest absolute Gasteiger partial charge is 0.393 e. The summed E-state index contributed by atoms with van der Waals surface area (Å²) < 4.78 is 6.10. The Morgan fingerprint density at radius 1 is 1.06 bits per heavy atom. The smallest absolute Gasteiger partial charge is 0.0682 e. The summed E-state index contributed by atoms with van der Waals surface area (Å²) in [5, 5.41) is 21.4. The zero-order chi connectivity index (χ0) is 23.3. The van der Waals surface area contributed by atoms with E-state index in [-0.39, 0.29) is 12.2 Å². The summed E-state index contributed by atoms with van der Waals surface area (Å²) in [6.07, 6.45) is 14.8. The molecule has 3 fully saturated rings. The quantitative estimate of drug-likeness (QED) is 0.438. The number of hydrogen-bond donors (Lipinski definition) is 2. The zero-order valence-corrected chi connectivity index (χ0v) is 21.7. The molecule has 0 spiro atoms. The van der Waals surface area contributed by atoms with Gasteiger partial charge in [-0.15, -0.1) is 0 Å². The van der Waals surface area contributed by atoms with Crippen LogP contribution in [0.25, 0.3) is 0 Å². The molecule has 0 aliphatic heterocycles. The molecule has 4 aliphatic rings. The van der Waals surface area contributed by atoms with Crippen LogP contribution in [0.5, 0.6) is 0 Å². The standard InChI is InChI=1S/C29H50O3/c1-7-29(31)17-16-27(4)20(18-29)8-9-21-22-10-11-24(28(22,5)15-14-23(21)27)26(32-6)13-12-25(30)19(2)3/h8,19,21-26,30-31H,7,9-18H2,1-6H3/t21-,22-,23?,24+,25+,26+,27-,28-,29-/m0/s1. The highest BCUT2D eigenvalue weighted by Crippen LogP contribution is 2.67. The van der Waals surface area contributed by atoms with Crippen molar-refractivity contribution in [2.75, 3.05) is 7.11 Å². The van der Waals surface area contributed by atoms with Crippen LogP contribution in [0.4, 0.5) is 0 Å². The van der Waals surface area contributed by atoms with E-state index in [0.29, 0.717) is 22.7 Å². The van der Waals surface area contributed by atoms with Gasteiger partial charge >= 0.3 is 0 Å². The van der Waals surface area contributed by atoms with Crippen molar-refractivity contribution in [3.05, 3.63) is 11.6 Å². The molecule has 4 rings (SSSR count). The fourth-order valence-corrected chi connectivity index (χ4v) is 8.82. The Labute approximate surface area is 197 Å². The van der Waals surface area contributed by atoms with Gasteiger partial charge in [-0.05, 0) is 111 Å². The number of hydrogen-bond acceptors (Lipinski definition) is 3. The van der Waals surface area contributed by atoms with Crippen molar-refractivity contribution < 1.29 is 14.9 Å². The monoisotopic (exact) mass is 446 g/mol. The molecular weight excluding hydrogens is 396 g/mol. The van der Waals surface area contributed by atoms with E-state index in [4.69, 9.17) is 4.74 Å². The van der Waals surface area contributed by atoms with Crippen LogP contribution in [-0.4, -0.2) is 35.1 Å². The Balaban J connectivity index is 1.51. The topological polar surface area (TPSA) is 49.7 Å². The molecule has 0 bridgehead atoms. The summed E-state index contributed by atoms with van der Waals surface area (Å²) in [6.45, 7) is 11.5. The summed E-state index contributed by atoms with van der Waals surface area (Å²) in [4.78, 5) is 0. The van der Waals surface area contributed by atoms with Crippen molar-refractivity contribution in [1.29, 1.82) is 0 Å². The van der Waals surface area contributed by atoms with Crippen molar-refractivity contribution >= 4 is 0 Å². The van der Waals surface area contributed by atoms with Crippen LogP contribution in [0.3, 0.4) is 0 Å². The van der Waals surface area contributed by atoms with E-state index in [1.54, 1.807) is 5.57 Å². The van der Waals surface area contributed by atoms with E-state index >= 15 is 0 Å². The number of allylic oxidation sites excluding steroid dienone is 1. The van der Waals surface area contributed by atoms with Crippen LogP contribution in [0.1, 0.15) is 105 Å². The predicted molar refractivity (Wildman–Crippen MR) is 131 cm³/mol. The Morgan fingerprint density at radius 3 is 2.47 bits per heavy atom. The molecule has 32 heavy (non-hydrogen) atoms. The number of fused-ring (bicyclic) bond motifs is 5. The molecule has 3 heteroatoms. The van der Waals surface area contributed by atoms with Gasteiger partial charge in [0.15, 0.2) is 0 Å². The molecule has 3 saturated carbocycles. The normalized spacial score (nSPS) is 45.6. The van der Waals surface area contributed by atoms with Crippen molar-refractivity contribution in [2.24, 2.45) is 40.4 Å². The van der Waals surface area contributed by atoms with Gasteiger partial charge in [-0.3, -0.25) is 0 Å². The Kier molecular flexibility index (Phi) is 6.96. The number of aliphatic hydroxyl groups is 2. The SMILES string of the molecule is CC[C@]1(O)CC[C@@]2(C)C(=CC[C@@H]3C2CC[C@]2(C)[C@@H]([C@@H](CC[C@@H](O)C(C)C)OC)CC[C@@H]32)C1. The molecule has 0 saturated heterocycles. The first-order valence-electron chi connectivity index (χ1n) is 13.7. The Hall–Kier alpha value is -0.380. The van der Waals surface area contributed by atoms with Gasteiger partial charge in [-0.1, -0.05) is 46.3 Å². The van der Waals surface area contributed by atoms with Crippen molar-refractivity contribution in [3.63, 3.8) is 0 Å². The second-order valence-electron chi connectivity index (χ2n) is 12.9. The lowest BCUT2D eigenvalue weighted by Gasteiger charge is -2.59. The lowest BCUT2D eigenvalue weighted by Crippen LogP contribution is -2.52. The first-order chi connectivity index (χ1) is 15.1. The summed E-state index contributed by atoms with van der Waals surface area (Å²) >= 11 is 0. The maximum atomic E-state index is 11.0. The Morgan fingerprint density at radius 2 is 1.81 bits per heavy atom. The van der Waals surface area contributed by atoms with Gasteiger partial charge in [0.2, 0.25) is 0 Å². The van der Waals surface area contributed by atoms with Crippen molar-refractivity contribution in [2.45, 2.75) is 123 Å². The third kappa shape index (κ3) is 4.03. The van der Waals surface area contributed by atoms with E-state index < -0.39 is 5.60 Å². The van der Waals surface area contributed by atoms with Gasteiger partial charge in [0.1, 0.15) is 0 Å². The number of rotatable bonds is 7. The second-order valence-corrected chi connectivity index (χ2v) is 12.9. The van der Waals surface area contributed by atoms with E-state index in [1.807, 2.05) is 7.11 Å². The highest BCUT2D eigenvalue weighted by Gasteiger charge is 2.60. The lowest BCUT2D eigenvalue weighted by molar-refractivity contribution is -0.0906. The molecule has 0 aromatic rings.